The van der Waals surface area contributed by atoms with Gasteiger partial charge in [-0.15, -0.1) is 0 Å². The van der Waals surface area contributed by atoms with Crippen molar-refractivity contribution >= 4 is 23.2 Å². The SMILES string of the molecule is O=C(Nc1cc2c(cc1Cl)OCCO2)c1ccc(-c2cccc(C(F)(F)F)c2)o1. The number of carbonyl (C=O) groups excluding carboxylic acids is 1. The molecule has 0 saturated heterocycles. The number of amides is 1. The monoisotopic (exact) mass is 423 g/mol. The van der Waals surface area contributed by atoms with Crippen LogP contribution in [0, 0.1) is 0 Å². The number of hydrogen-bond donors (Lipinski definition) is 1. The second kappa shape index (κ2) is 7.36. The summed E-state index contributed by atoms with van der Waals surface area (Å²) in [4.78, 5) is 12.5. The highest BCUT2D eigenvalue weighted by molar-refractivity contribution is 6.34. The Kier molecular flexibility index (Phi) is 4.87. The maximum atomic E-state index is 12.9. The summed E-state index contributed by atoms with van der Waals surface area (Å²) in [5.74, 6) is 0.365. The van der Waals surface area contributed by atoms with Gasteiger partial charge >= 0.3 is 6.18 Å². The highest BCUT2D eigenvalue weighted by Crippen LogP contribution is 2.38. The Morgan fingerprint density at radius 2 is 1.72 bits per heavy atom. The molecule has 0 spiro atoms. The van der Waals surface area contributed by atoms with Gasteiger partial charge in [-0.05, 0) is 24.3 Å². The summed E-state index contributed by atoms with van der Waals surface area (Å²) in [6.07, 6.45) is -4.47. The zero-order valence-electron chi connectivity index (χ0n) is 14.7. The number of rotatable bonds is 3. The van der Waals surface area contributed by atoms with Crippen molar-refractivity contribution in [1.29, 1.82) is 0 Å². The molecule has 0 bridgehead atoms. The van der Waals surface area contributed by atoms with Crippen LogP contribution in [0.15, 0.2) is 52.9 Å². The smallest absolute Gasteiger partial charge is 0.416 e. The first-order valence-electron chi connectivity index (χ1n) is 8.49. The maximum Gasteiger partial charge on any atom is 0.416 e. The lowest BCUT2D eigenvalue weighted by Crippen LogP contribution is -2.16. The lowest BCUT2D eigenvalue weighted by atomic mass is 10.1. The summed E-state index contributed by atoms with van der Waals surface area (Å²) in [5.41, 5.74) is -0.311. The van der Waals surface area contributed by atoms with E-state index in [4.69, 9.17) is 25.5 Å². The van der Waals surface area contributed by atoms with E-state index >= 15 is 0 Å². The predicted octanol–water partition coefficient (Wildman–Crippen LogP) is 5.64. The number of benzene rings is 2. The third kappa shape index (κ3) is 4.02. The topological polar surface area (TPSA) is 60.7 Å². The standard InChI is InChI=1S/C20H13ClF3NO4/c21-13-9-17-18(28-7-6-27-17)10-14(13)25-19(26)16-5-4-15(29-16)11-2-1-3-12(8-11)20(22,23)24/h1-5,8-10H,6-7H2,(H,25,26). The molecular weight excluding hydrogens is 411 g/mol. The zero-order chi connectivity index (χ0) is 20.6. The molecule has 1 amide bonds. The van der Waals surface area contributed by atoms with Crippen molar-refractivity contribution in [2.75, 3.05) is 18.5 Å². The third-order valence-electron chi connectivity index (χ3n) is 4.18. The Hall–Kier alpha value is -3.13. The van der Waals surface area contributed by atoms with E-state index < -0.39 is 17.6 Å². The molecule has 2 heterocycles. The number of anilines is 1. The molecule has 4 rings (SSSR count). The van der Waals surface area contributed by atoms with Crippen LogP contribution >= 0.6 is 11.6 Å². The van der Waals surface area contributed by atoms with E-state index in [0.717, 1.165) is 12.1 Å². The van der Waals surface area contributed by atoms with Crippen molar-refractivity contribution in [3.63, 3.8) is 0 Å². The van der Waals surface area contributed by atoms with Crippen molar-refractivity contribution < 1.29 is 31.9 Å². The summed E-state index contributed by atoms with van der Waals surface area (Å²) in [5, 5.41) is 2.84. The molecule has 0 fully saturated rings. The first-order valence-corrected chi connectivity index (χ1v) is 8.87. The van der Waals surface area contributed by atoms with Crippen molar-refractivity contribution in [3.05, 3.63) is 64.9 Å². The van der Waals surface area contributed by atoms with Crippen LogP contribution in [0.4, 0.5) is 18.9 Å². The predicted molar refractivity (Wildman–Crippen MR) is 99.5 cm³/mol. The van der Waals surface area contributed by atoms with Crippen LogP contribution in [0.3, 0.4) is 0 Å². The third-order valence-corrected chi connectivity index (χ3v) is 4.50. The quantitative estimate of drug-likeness (QED) is 0.592. The summed E-state index contributed by atoms with van der Waals surface area (Å²) in [6.45, 7) is 0.778. The summed E-state index contributed by atoms with van der Waals surface area (Å²) in [6, 6.07) is 10.5. The maximum absolute atomic E-state index is 12.9. The van der Waals surface area contributed by atoms with E-state index in [9.17, 15) is 18.0 Å². The normalized spacial score (nSPS) is 13.2. The molecular formula is C20H13ClF3NO4. The minimum atomic E-state index is -4.47. The number of nitrogens with one attached hydrogen (secondary N) is 1. The van der Waals surface area contributed by atoms with Gasteiger partial charge in [0.15, 0.2) is 17.3 Å². The summed E-state index contributed by atoms with van der Waals surface area (Å²) < 4.78 is 55.0. The van der Waals surface area contributed by atoms with Crippen molar-refractivity contribution in [1.82, 2.24) is 0 Å². The van der Waals surface area contributed by atoms with Gasteiger partial charge in [-0.2, -0.15) is 13.2 Å². The van der Waals surface area contributed by atoms with Gasteiger partial charge in [-0.25, -0.2) is 0 Å². The van der Waals surface area contributed by atoms with Crippen LogP contribution in [-0.2, 0) is 6.18 Å². The fraction of sp³-hybridized carbons (Fsp3) is 0.150. The molecule has 0 unspecified atom stereocenters. The van der Waals surface area contributed by atoms with Gasteiger partial charge in [0.2, 0.25) is 0 Å². The molecule has 2 aromatic carbocycles. The fourth-order valence-corrected chi connectivity index (χ4v) is 3.01. The molecule has 1 N–H and O–H groups in total. The Balaban J connectivity index is 1.55. The molecule has 3 aromatic rings. The highest BCUT2D eigenvalue weighted by Gasteiger charge is 2.30. The van der Waals surface area contributed by atoms with Crippen LogP contribution in [-0.4, -0.2) is 19.1 Å². The van der Waals surface area contributed by atoms with E-state index in [1.807, 2.05) is 0 Å². The van der Waals surface area contributed by atoms with E-state index in [0.29, 0.717) is 24.7 Å². The average Bonchev–Trinajstić information content (AvgIpc) is 3.18. The molecule has 29 heavy (non-hydrogen) atoms. The van der Waals surface area contributed by atoms with Gasteiger partial charge < -0.3 is 19.2 Å². The molecule has 1 aliphatic rings. The number of fused-ring (bicyclic) bond motifs is 1. The van der Waals surface area contributed by atoms with Crippen LogP contribution in [0.2, 0.25) is 5.02 Å². The fourth-order valence-electron chi connectivity index (χ4n) is 2.81. The molecule has 5 nitrogen and oxygen atoms in total. The highest BCUT2D eigenvalue weighted by atomic mass is 35.5. The lowest BCUT2D eigenvalue weighted by Gasteiger charge is -2.19. The molecule has 0 saturated carbocycles. The van der Waals surface area contributed by atoms with Crippen molar-refractivity contribution in [3.8, 4) is 22.8 Å². The second-order valence-electron chi connectivity index (χ2n) is 6.17. The van der Waals surface area contributed by atoms with Gasteiger partial charge in [-0.1, -0.05) is 23.7 Å². The molecule has 150 valence electrons. The number of alkyl halides is 3. The Morgan fingerprint density at radius 3 is 2.45 bits per heavy atom. The molecule has 1 aromatic heterocycles. The number of halogens is 4. The minimum absolute atomic E-state index is 0.0802. The van der Waals surface area contributed by atoms with Gasteiger partial charge in [0, 0.05) is 17.7 Å². The van der Waals surface area contributed by atoms with E-state index in [-0.39, 0.29) is 27.8 Å². The number of hydrogen-bond acceptors (Lipinski definition) is 4. The van der Waals surface area contributed by atoms with E-state index in [1.54, 1.807) is 0 Å². The molecule has 1 aliphatic heterocycles. The molecule has 0 atom stereocenters. The van der Waals surface area contributed by atoms with Gasteiger partial charge in [-0.3, -0.25) is 4.79 Å². The number of carbonyl (C=O) groups is 1. The van der Waals surface area contributed by atoms with Crippen LogP contribution in [0.25, 0.3) is 11.3 Å². The summed E-state index contributed by atoms with van der Waals surface area (Å²) in [7, 11) is 0. The first-order chi connectivity index (χ1) is 13.8. The Morgan fingerprint density at radius 1 is 1.00 bits per heavy atom. The second-order valence-corrected chi connectivity index (χ2v) is 6.58. The van der Waals surface area contributed by atoms with Gasteiger partial charge in [0.05, 0.1) is 16.3 Å². The van der Waals surface area contributed by atoms with Gasteiger partial charge in [0.1, 0.15) is 19.0 Å². The van der Waals surface area contributed by atoms with Crippen molar-refractivity contribution in [2.45, 2.75) is 6.18 Å². The van der Waals surface area contributed by atoms with Crippen LogP contribution in [0.5, 0.6) is 11.5 Å². The van der Waals surface area contributed by atoms with Crippen molar-refractivity contribution in [2.24, 2.45) is 0 Å². The average molecular weight is 424 g/mol. The number of ether oxygens (including phenoxy) is 2. The lowest BCUT2D eigenvalue weighted by molar-refractivity contribution is -0.137. The van der Waals surface area contributed by atoms with Crippen LogP contribution < -0.4 is 14.8 Å². The number of furan rings is 1. The summed E-state index contributed by atoms with van der Waals surface area (Å²) >= 11 is 6.17. The van der Waals surface area contributed by atoms with Crippen LogP contribution in [0.1, 0.15) is 16.1 Å². The van der Waals surface area contributed by atoms with E-state index in [1.165, 1.54) is 36.4 Å². The largest absolute Gasteiger partial charge is 0.486 e. The molecule has 0 aliphatic carbocycles. The molecule has 9 heteroatoms. The van der Waals surface area contributed by atoms with E-state index in [2.05, 4.69) is 5.32 Å². The minimum Gasteiger partial charge on any atom is -0.486 e. The zero-order valence-corrected chi connectivity index (χ0v) is 15.4. The first kappa shape index (κ1) is 19.2. The Labute approximate surface area is 168 Å². The van der Waals surface area contributed by atoms with Gasteiger partial charge in [0.25, 0.3) is 5.91 Å². The Bertz CT molecular complexity index is 1080. The molecule has 0 radical (unpaired) electrons.